The first kappa shape index (κ1) is 34.9. The number of carbonyl (C=O) groups is 4. The molecule has 0 aromatic carbocycles. The number of hydrogen-bond acceptors (Lipinski definition) is 12. The third-order valence-electron chi connectivity index (χ3n) is 4.74. The summed E-state index contributed by atoms with van der Waals surface area (Å²) in [6.07, 6.45) is -0.764. The van der Waals surface area contributed by atoms with Gasteiger partial charge in [0.1, 0.15) is 38.6 Å². The minimum absolute atomic E-state index is 0.169. The minimum atomic E-state index is -1.04. The second-order valence-corrected chi connectivity index (χ2v) is 8.99. The molecule has 5 unspecified atom stereocenters. The molecule has 0 aliphatic carbocycles. The summed E-state index contributed by atoms with van der Waals surface area (Å²) in [5.41, 5.74) is 0.502. The Balaban J connectivity index is 0.000000639. The highest BCUT2D eigenvalue weighted by Gasteiger charge is 2.28. The van der Waals surface area contributed by atoms with E-state index in [1.54, 1.807) is 0 Å². The molecule has 2 heterocycles. The van der Waals surface area contributed by atoms with Crippen LogP contribution in [-0.2, 0) is 38.1 Å². The third kappa shape index (κ3) is 20.0. The second-order valence-electron chi connectivity index (χ2n) is 8.99. The van der Waals surface area contributed by atoms with Gasteiger partial charge in [-0.3, -0.25) is 9.69 Å². The zero-order valence-corrected chi connectivity index (χ0v) is 22.8. The van der Waals surface area contributed by atoms with Gasteiger partial charge in [-0.15, -0.1) is 0 Å². The van der Waals surface area contributed by atoms with Crippen LogP contribution in [0.4, 0.5) is 0 Å². The van der Waals surface area contributed by atoms with E-state index in [2.05, 4.69) is 53.3 Å². The highest BCUT2D eigenvalue weighted by atomic mass is 16.6. The molecule has 2 aliphatic rings. The molecule has 0 aromatic rings. The minimum Gasteiger partial charge on any atom is -0.463 e. The molecule has 0 aromatic heterocycles. The number of aliphatic hydroxyl groups excluding tert-OH is 2. The molecule has 3 N–H and O–H groups in total. The number of carbonyl (C=O) groups excluding carboxylic acids is 4. The lowest BCUT2D eigenvalue weighted by Crippen LogP contribution is -2.26. The molecule has 2 saturated heterocycles. The van der Waals surface area contributed by atoms with Crippen LogP contribution < -0.4 is 5.32 Å². The molecular weight excluding hydrogens is 500 g/mol. The summed E-state index contributed by atoms with van der Waals surface area (Å²) >= 11 is 0. The van der Waals surface area contributed by atoms with Crippen LogP contribution in [0.2, 0.25) is 0 Å². The van der Waals surface area contributed by atoms with Crippen LogP contribution in [0.3, 0.4) is 0 Å². The molecule has 2 aliphatic heterocycles. The van der Waals surface area contributed by atoms with Crippen LogP contribution in [0.1, 0.15) is 34.1 Å². The Morgan fingerprint density at radius 2 is 1.32 bits per heavy atom. The van der Waals surface area contributed by atoms with Gasteiger partial charge >= 0.3 is 23.9 Å². The van der Waals surface area contributed by atoms with Crippen LogP contribution in [0.5, 0.6) is 0 Å². The van der Waals surface area contributed by atoms with Gasteiger partial charge in [-0.1, -0.05) is 19.7 Å². The Bertz CT molecular complexity index is 825. The molecule has 5 atom stereocenters. The predicted molar refractivity (Wildman–Crippen MR) is 139 cm³/mol. The number of ether oxygens (including phenoxy) is 4. The van der Waals surface area contributed by atoms with Crippen LogP contribution in [0, 0.1) is 0 Å². The summed E-state index contributed by atoms with van der Waals surface area (Å²) in [5.74, 6) is -2.16. The van der Waals surface area contributed by atoms with Gasteiger partial charge in [0.2, 0.25) is 0 Å². The van der Waals surface area contributed by atoms with E-state index in [9.17, 15) is 29.4 Å². The lowest BCUT2D eigenvalue weighted by Gasteiger charge is -2.12. The average molecular weight is 543 g/mol. The topological polar surface area (TPSA) is 171 Å². The van der Waals surface area contributed by atoms with Crippen molar-refractivity contribution in [3.63, 3.8) is 0 Å². The molecule has 216 valence electrons. The number of nitrogens with zero attached hydrogens (tertiary/aromatic N) is 1. The SMILES string of the molecule is C=C(C)C(=O)OCC(O)COC(=O)CCN1CC1C.C=CC(=O)OCC(O)COC(=O)C(=C)C.CC1CN1. The Morgan fingerprint density at radius 3 is 1.66 bits per heavy atom. The highest BCUT2D eigenvalue weighted by Crippen LogP contribution is 2.15. The summed E-state index contributed by atoms with van der Waals surface area (Å²) in [6, 6.07) is 1.39. The zero-order chi connectivity index (χ0) is 29.3. The van der Waals surface area contributed by atoms with Crippen LogP contribution >= 0.6 is 0 Å². The van der Waals surface area contributed by atoms with E-state index in [1.807, 2.05) is 0 Å². The van der Waals surface area contributed by atoms with E-state index in [1.165, 1.54) is 20.4 Å². The van der Waals surface area contributed by atoms with Crippen LogP contribution in [0.25, 0.3) is 0 Å². The Hall–Kier alpha value is -3.06. The highest BCUT2D eigenvalue weighted by molar-refractivity contribution is 5.87. The van der Waals surface area contributed by atoms with E-state index in [0.29, 0.717) is 19.0 Å². The smallest absolute Gasteiger partial charge is 0.333 e. The first-order valence-electron chi connectivity index (χ1n) is 12.2. The van der Waals surface area contributed by atoms with Crippen LogP contribution in [-0.4, -0.2) is 109 Å². The lowest BCUT2D eigenvalue weighted by atomic mass is 10.3. The van der Waals surface area contributed by atoms with Gasteiger partial charge in [-0.2, -0.15) is 0 Å². The fourth-order valence-electron chi connectivity index (χ4n) is 2.14. The predicted octanol–water partition coefficient (Wildman–Crippen LogP) is 0.278. The number of rotatable bonds is 14. The second kappa shape index (κ2) is 19.1. The molecule has 12 heteroatoms. The molecule has 38 heavy (non-hydrogen) atoms. The van der Waals surface area contributed by atoms with Crippen LogP contribution in [0.15, 0.2) is 37.0 Å². The van der Waals surface area contributed by atoms with E-state index in [-0.39, 0.29) is 43.5 Å². The number of aliphatic hydroxyl groups is 2. The lowest BCUT2D eigenvalue weighted by molar-refractivity contribution is -0.151. The molecule has 0 spiro atoms. The molecular formula is C26H42N2O10. The molecule has 0 saturated carbocycles. The standard InChI is InChI=1S/C13H21NO5.C10H14O5.C3H7N/c1-9(2)13(17)19-8-11(15)7-18-12(16)4-5-14-6-10(14)3;1-4-9(12)14-5-8(11)6-15-10(13)7(2)3;1-3-2-4-3/h10-11,15H,1,4-8H2,2-3H3;4,8,11H,1-2,5-6H2,3H3;3-4H,2H2,1H3. The number of nitrogens with one attached hydrogen (secondary N) is 1. The fraction of sp³-hybridized carbons (Fsp3) is 0.615. The van der Waals surface area contributed by atoms with Crippen molar-refractivity contribution in [3.8, 4) is 0 Å². The van der Waals surface area contributed by atoms with Gasteiger partial charge in [0.05, 0.1) is 6.42 Å². The molecule has 0 radical (unpaired) electrons. The van der Waals surface area contributed by atoms with Crippen molar-refractivity contribution in [2.45, 2.75) is 58.4 Å². The van der Waals surface area contributed by atoms with Gasteiger partial charge in [-0.25, -0.2) is 14.4 Å². The first-order valence-corrected chi connectivity index (χ1v) is 12.2. The summed E-state index contributed by atoms with van der Waals surface area (Å²) in [5, 5.41) is 21.8. The van der Waals surface area contributed by atoms with Crippen molar-refractivity contribution < 1.29 is 48.3 Å². The quantitative estimate of drug-likeness (QED) is 0.119. The van der Waals surface area contributed by atoms with Crippen molar-refractivity contribution in [1.29, 1.82) is 0 Å². The van der Waals surface area contributed by atoms with Gasteiger partial charge in [0.15, 0.2) is 0 Å². The maximum Gasteiger partial charge on any atom is 0.333 e. The zero-order valence-electron chi connectivity index (χ0n) is 22.8. The third-order valence-corrected chi connectivity index (χ3v) is 4.74. The Kier molecular flexibility index (Phi) is 17.5. The maximum absolute atomic E-state index is 11.4. The molecule has 0 bridgehead atoms. The average Bonchev–Trinajstić information content (AvgIpc) is 3.81. The largest absolute Gasteiger partial charge is 0.463 e. The van der Waals surface area contributed by atoms with Gasteiger partial charge in [0, 0.05) is 48.9 Å². The van der Waals surface area contributed by atoms with E-state index >= 15 is 0 Å². The van der Waals surface area contributed by atoms with Gasteiger partial charge < -0.3 is 34.5 Å². The normalized spacial score (nSPS) is 19.9. The summed E-state index contributed by atoms with van der Waals surface area (Å²) in [7, 11) is 0. The van der Waals surface area contributed by atoms with Crippen molar-refractivity contribution in [1.82, 2.24) is 10.2 Å². The van der Waals surface area contributed by atoms with E-state index in [4.69, 9.17) is 9.47 Å². The van der Waals surface area contributed by atoms with E-state index in [0.717, 1.165) is 18.7 Å². The summed E-state index contributed by atoms with van der Waals surface area (Å²) in [4.78, 5) is 46.0. The van der Waals surface area contributed by atoms with Crippen molar-refractivity contribution in [3.05, 3.63) is 37.0 Å². The summed E-state index contributed by atoms with van der Waals surface area (Å²) < 4.78 is 18.8. The number of hydrogen-bond donors (Lipinski definition) is 3. The first-order chi connectivity index (χ1) is 17.8. The Labute approximate surface area is 224 Å². The van der Waals surface area contributed by atoms with Crippen molar-refractivity contribution in [2.75, 3.05) is 46.1 Å². The monoisotopic (exact) mass is 542 g/mol. The fourth-order valence-corrected chi connectivity index (χ4v) is 2.14. The van der Waals surface area contributed by atoms with Gasteiger partial charge in [0.25, 0.3) is 0 Å². The number of esters is 4. The molecule has 12 nitrogen and oxygen atoms in total. The maximum atomic E-state index is 11.4. The Morgan fingerprint density at radius 1 is 0.921 bits per heavy atom. The molecule has 2 fully saturated rings. The van der Waals surface area contributed by atoms with Crippen molar-refractivity contribution in [2.24, 2.45) is 0 Å². The molecule has 2 rings (SSSR count). The van der Waals surface area contributed by atoms with Crippen molar-refractivity contribution >= 4 is 23.9 Å². The molecule has 0 amide bonds. The summed E-state index contributed by atoms with van der Waals surface area (Å²) in [6.45, 7) is 19.3. The van der Waals surface area contributed by atoms with Gasteiger partial charge in [-0.05, 0) is 27.7 Å². The van der Waals surface area contributed by atoms with E-state index < -0.39 is 30.1 Å².